The molecule has 0 atom stereocenters. The van der Waals surface area contributed by atoms with Gasteiger partial charge in [0.25, 0.3) is 0 Å². The molecule has 0 aliphatic heterocycles. The minimum Gasteiger partial charge on any atom is -0.398 e. The van der Waals surface area contributed by atoms with Gasteiger partial charge in [-0.2, -0.15) is 0 Å². The number of aromatic nitrogens is 2. The first-order valence-electron chi connectivity index (χ1n) is 6.86. The molecule has 4 rings (SSSR count). The molecular formula is C16H13ClFN3. The van der Waals surface area contributed by atoms with Crippen molar-refractivity contribution in [1.82, 2.24) is 9.55 Å². The standard InChI is InChI=1S/C16H13ClFN3/c17-12-7-9(1-5-13(12)19)16-20-14-8-10(18)2-6-15(14)21(16)11-3-4-11/h1-2,5-8,11H,3-4,19H2. The van der Waals surface area contributed by atoms with Crippen molar-refractivity contribution in [2.75, 3.05) is 5.73 Å². The van der Waals surface area contributed by atoms with E-state index < -0.39 is 0 Å². The molecule has 21 heavy (non-hydrogen) atoms. The number of hydrogen-bond acceptors (Lipinski definition) is 2. The molecule has 1 aromatic heterocycles. The van der Waals surface area contributed by atoms with Crippen LogP contribution in [0.5, 0.6) is 0 Å². The number of anilines is 1. The van der Waals surface area contributed by atoms with Crippen molar-refractivity contribution in [2.24, 2.45) is 0 Å². The van der Waals surface area contributed by atoms with Crippen LogP contribution in [0.1, 0.15) is 18.9 Å². The average molecular weight is 302 g/mol. The molecule has 5 heteroatoms. The van der Waals surface area contributed by atoms with Crippen LogP contribution in [-0.4, -0.2) is 9.55 Å². The van der Waals surface area contributed by atoms with E-state index in [1.54, 1.807) is 12.1 Å². The highest BCUT2D eigenvalue weighted by Crippen LogP contribution is 2.41. The molecule has 1 fully saturated rings. The van der Waals surface area contributed by atoms with E-state index in [0.717, 1.165) is 29.7 Å². The monoisotopic (exact) mass is 301 g/mol. The van der Waals surface area contributed by atoms with Gasteiger partial charge in [-0.25, -0.2) is 9.37 Å². The fourth-order valence-electron chi connectivity index (χ4n) is 2.64. The molecule has 0 amide bonds. The van der Waals surface area contributed by atoms with E-state index in [1.807, 2.05) is 12.1 Å². The van der Waals surface area contributed by atoms with Crippen molar-refractivity contribution in [2.45, 2.75) is 18.9 Å². The third-order valence-corrected chi connectivity index (χ3v) is 4.15. The van der Waals surface area contributed by atoms with Gasteiger partial charge in [0.2, 0.25) is 0 Å². The molecular weight excluding hydrogens is 289 g/mol. The molecule has 0 radical (unpaired) electrons. The van der Waals surface area contributed by atoms with E-state index in [4.69, 9.17) is 17.3 Å². The summed E-state index contributed by atoms with van der Waals surface area (Å²) in [5, 5.41) is 0.507. The Hall–Kier alpha value is -2.07. The van der Waals surface area contributed by atoms with Crippen molar-refractivity contribution in [1.29, 1.82) is 0 Å². The van der Waals surface area contributed by atoms with E-state index in [0.29, 0.717) is 22.3 Å². The number of rotatable bonds is 2. The normalized spacial score (nSPS) is 14.8. The van der Waals surface area contributed by atoms with Crippen molar-refractivity contribution in [3.05, 3.63) is 47.2 Å². The number of nitrogen functional groups attached to an aromatic ring is 1. The first-order chi connectivity index (χ1) is 10.1. The number of nitrogens with zero attached hydrogens (tertiary/aromatic N) is 2. The van der Waals surface area contributed by atoms with Crippen LogP contribution in [0.25, 0.3) is 22.4 Å². The van der Waals surface area contributed by atoms with Gasteiger partial charge >= 0.3 is 0 Å². The molecule has 0 spiro atoms. The van der Waals surface area contributed by atoms with Crippen LogP contribution in [0, 0.1) is 5.82 Å². The number of fused-ring (bicyclic) bond motifs is 1. The van der Waals surface area contributed by atoms with Gasteiger partial charge in [0, 0.05) is 17.7 Å². The van der Waals surface area contributed by atoms with Crippen LogP contribution in [-0.2, 0) is 0 Å². The zero-order valence-electron chi connectivity index (χ0n) is 11.2. The zero-order chi connectivity index (χ0) is 14.6. The number of imidazole rings is 1. The van der Waals surface area contributed by atoms with Gasteiger partial charge < -0.3 is 10.3 Å². The molecule has 3 nitrogen and oxygen atoms in total. The van der Waals surface area contributed by atoms with E-state index in [9.17, 15) is 4.39 Å². The molecule has 1 aliphatic carbocycles. The third-order valence-electron chi connectivity index (χ3n) is 3.82. The Morgan fingerprint density at radius 2 is 2.00 bits per heavy atom. The lowest BCUT2D eigenvalue weighted by Crippen LogP contribution is -1.98. The Morgan fingerprint density at radius 1 is 1.19 bits per heavy atom. The number of benzene rings is 2. The first-order valence-corrected chi connectivity index (χ1v) is 7.24. The fourth-order valence-corrected chi connectivity index (χ4v) is 2.82. The molecule has 1 heterocycles. The second-order valence-electron chi connectivity index (χ2n) is 5.41. The molecule has 106 valence electrons. The SMILES string of the molecule is Nc1ccc(-c2nc3cc(F)ccc3n2C2CC2)cc1Cl. The second-order valence-corrected chi connectivity index (χ2v) is 5.81. The Morgan fingerprint density at radius 3 is 2.71 bits per heavy atom. The molecule has 0 bridgehead atoms. The summed E-state index contributed by atoms with van der Waals surface area (Å²) >= 11 is 6.11. The maximum absolute atomic E-state index is 13.4. The van der Waals surface area contributed by atoms with E-state index >= 15 is 0 Å². The lowest BCUT2D eigenvalue weighted by Gasteiger charge is -2.08. The lowest BCUT2D eigenvalue weighted by molar-refractivity contribution is 0.629. The fraction of sp³-hybridized carbons (Fsp3) is 0.188. The van der Waals surface area contributed by atoms with Crippen LogP contribution in [0.4, 0.5) is 10.1 Å². The van der Waals surface area contributed by atoms with Crippen molar-refractivity contribution >= 4 is 28.3 Å². The van der Waals surface area contributed by atoms with Crippen LogP contribution in [0.15, 0.2) is 36.4 Å². The van der Waals surface area contributed by atoms with Crippen LogP contribution in [0.2, 0.25) is 5.02 Å². The molecule has 3 aromatic rings. The van der Waals surface area contributed by atoms with E-state index in [1.165, 1.54) is 12.1 Å². The Bertz CT molecular complexity index is 852. The summed E-state index contributed by atoms with van der Waals surface area (Å²) < 4.78 is 15.6. The van der Waals surface area contributed by atoms with Crippen LogP contribution in [0.3, 0.4) is 0 Å². The average Bonchev–Trinajstić information content (AvgIpc) is 3.22. The predicted octanol–water partition coefficient (Wildman–Crippen LogP) is 4.41. The highest BCUT2D eigenvalue weighted by molar-refractivity contribution is 6.33. The summed E-state index contributed by atoms with van der Waals surface area (Å²) in [5.41, 5.74) is 8.84. The summed E-state index contributed by atoms with van der Waals surface area (Å²) in [6.45, 7) is 0. The van der Waals surface area contributed by atoms with Gasteiger partial charge in [-0.05, 0) is 43.2 Å². The van der Waals surface area contributed by atoms with Gasteiger partial charge in [0.15, 0.2) is 0 Å². The Labute approximate surface area is 126 Å². The van der Waals surface area contributed by atoms with Gasteiger partial charge in [-0.15, -0.1) is 0 Å². The summed E-state index contributed by atoms with van der Waals surface area (Å²) in [6, 6.07) is 10.7. The summed E-state index contributed by atoms with van der Waals surface area (Å²) in [6.07, 6.45) is 2.25. The molecule has 1 saturated carbocycles. The van der Waals surface area contributed by atoms with Gasteiger partial charge in [-0.1, -0.05) is 11.6 Å². The predicted molar refractivity (Wildman–Crippen MR) is 82.8 cm³/mol. The van der Waals surface area contributed by atoms with Gasteiger partial charge in [-0.3, -0.25) is 0 Å². The number of nitrogens with two attached hydrogens (primary N) is 1. The van der Waals surface area contributed by atoms with E-state index in [-0.39, 0.29) is 5.82 Å². The molecule has 0 unspecified atom stereocenters. The van der Waals surface area contributed by atoms with Gasteiger partial charge in [0.1, 0.15) is 11.6 Å². The number of hydrogen-bond donors (Lipinski definition) is 1. The molecule has 1 aliphatic rings. The minimum atomic E-state index is -0.273. The quantitative estimate of drug-likeness (QED) is 0.712. The zero-order valence-corrected chi connectivity index (χ0v) is 11.9. The molecule has 0 saturated heterocycles. The Kier molecular flexibility index (Phi) is 2.69. The third kappa shape index (κ3) is 2.07. The maximum atomic E-state index is 13.4. The number of halogens is 2. The van der Waals surface area contributed by atoms with Gasteiger partial charge in [0.05, 0.1) is 21.7 Å². The van der Waals surface area contributed by atoms with Crippen LogP contribution >= 0.6 is 11.6 Å². The first kappa shape index (κ1) is 12.7. The lowest BCUT2D eigenvalue weighted by atomic mass is 10.2. The van der Waals surface area contributed by atoms with Crippen molar-refractivity contribution in [3.63, 3.8) is 0 Å². The molecule has 2 N–H and O–H groups in total. The largest absolute Gasteiger partial charge is 0.398 e. The highest BCUT2D eigenvalue weighted by Gasteiger charge is 2.28. The van der Waals surface area contributed by atoms with Crippen molar-refractivity contribution < 1.29 is 4.39 Å². The highest BCUT2D eigenvalue weighted by atomic mass is 35.5. The van der Waals surface area contributed by atoms with Crippen LogP contribution < -0.4 is 5.73 Å². The maximum Gasteiger partial charge on any atom is 0.141 e. The Balaban J connectivity index is 1.98. The topological polar surface area (TPSA) is 43.8 Å². The smallest absolute Gasteiger partial charge is 0.141 e. The van der Waals surface area contributed by atoms with Crippen molar-refractivity contribution in [3.8, 4) is 11.4 Å². The van der Waals surface area contributed by atoms with E-state index in [2.05, 4.69) is 9.55 Å². The summed E-state index contributed by atoms with van der Waals surface area (Å²) in [4.78, 5) is 4.60. The summed E-state index contributed by atoms with van der Waals surface area (Å²) in [7, 11) is 0. The minimum absolute atomic E-state index is 0.273. The summed E-state index contributed by atoms with van der Waals surface area (Å²) in [5.74, 6) is 0.546. The second kappa shape index (κ2) is 4.46. The molecule has 2 aromatic carbocycles.